The highest BCUT2D eigenvalue weighted by Crippen LogP contribution is 2.28. The average molecular weight is 330 g/mol. The fourth-order valence-corrected chi connectivity index (χ4v) is 3.60. The highest BCUT2D eigenvalue weighted by Gasteiger charge is 2.13. The summed E-state index contributed by atoms with van der Waals surface area (Å²) < 4.78 is 0.882. The van der Waals surface area contributed by atoms with Gasteiger partial charge >= 0.3 is 0 Å². The van der Waals surface area contributed by atoms with Crippen molar-refractivity contribution in [1.29, 1.82) is 0 Å². The molecule has 1 heterocycles. The summed E-state index contributed by atoms with van der Waals surface area (Å²) in [5.74, 6) is 0.122. The number of ketones is 1. The molecule has 0 fully saturated rings. The fourth-order valence-electron chi connectivity index (χ4n) is 1.59. The second kappa shape index (κ2) is 5.34. The van der Waals surface area contributed by atoms with Crippen LogP contribution in [0.5, 0.6) is 0 Å². The third-order valence-electron chi connectivity index (χ3n) is 2.32. The number of halogens is 2. The molecule has 0 aliphatic heterocycles. The van der Waals surface area contributed by atoms with Gasteiger partial charge in [0.25, 0.3) is 0 Å². The molecule has 0 amide bonds. The quantitative estimate of drug-likeness (QED) is 0.732. The summed E-state index contributed by atoms with van der Waals surface area (Å²) in [6.45, 7) is 1.99. The van der Waals surface area contributed by atoms with Gasteiger partial charge in [-0.2, -0.15) is 0 Å². The Morgan fingerprint density at radius 3 is 2.76 bits per heavy atom. The predicted molar refractivity (Wildman–Crippen MR) is 76.2 cm³/mol. The zero-order valence-electron chi connectivity index (χ0n) is 9.17. The van der Waals surface area contributed by atoms with E-state index in [9.17, 15) is 4.79 Å². The van der Waals surface area contributed by atoms with E-state index in [1.807, 2.05) is 31.2 Å². The van der Waals surface area contributed by atoms with Crippen LogP contribution in [0.1, 0.15) is 20.1 Å². The molecule has 0 N–H and O–H groups in total. The molecule has 4 heteroatoms. The number of thiophene rings is 1. The van der Waals surface area contributed by atoms with Gasteiger partial charge in [0.05, 0.1) is 4.88 Å². The van der Waals surface area contributed by atoms with E-state index < -0.39 is 0 Å². The highest BCUT2D eigenvalue weighted by molar-refractivity contribution is 9.10. The first-order valence-corrected chi connectivity index (χ1v) is 7.08. The minimum absolute atomic E-state index is 0.122. The van der Waals surface area contributed by atoms with Crippen molar-refractivity contribution in [3.05, 3.63) is 55.1 Å². The van der Waals surface area contributed by atoms with Crippen LogP contribution in [0.2, 0.25) is 5.02 Å². The zero-order valence-corrected chi connectivity index (χ0v) is 12.3. The Morgan fingerprint density at radius 1 is 1.41 bits per heavy atom. The van der Waals surface area contributed by atoms with Gasteiger partial charge in [-0.1, -0.05) is 23.7 Å². The minimum atomic E-state index is 0.122. The van der Waals surface area contributed by atoms with E-state index >= 15 is 0 Å². The molecule has 0 saturated heterocycles. The van der Waals surface area contributed by atoms with Gasteiger partial charge in [-0.05, 0) is 46.6 Å². The topological polar surface area (TPSA) is 17.1 Å². The van der Waals surface area contributed by atoms with Gasteiger partial charge in [0, 0.05) is 20.8 Å². The predicted octanol–water partition coefficient (Wildman–Crippen LogP) is 4.90. The van der Waals surface area contributed by atoms with Gasteiger partial charge in [-0.15, -0.1) is 11.3 Å². The second-order valence-corrected chi connectivity index (χ2v) is 6.31. The molecule has 0 atom stereocenters. The number of carbonyl (C=O) groups excluding carboxylic acids is 1. The second-order valence-electron chi connectivity index (χ2n) is 3.76. The minimum Gasteiger partial charge on any atom is -0.293 e. The number of aryl methyl sites for hydroxylation is 1. The van der Waals surface area contributed by atoms with Crippen LogP contribution in [0.15, 0.2) is 34.8 Å². The van der Waals surface area contributed by atoms with Crippen molar-refractivity contribution >= 4 is 44.7 Å². The lowest BCUT2D eigenvalue weighted by Gasteiger charge is -2.00. The van der Waals surface area contributed by atoms with Gasteiger partial charge in [0.15, 0.2) is 5.78 Å². The fraction of sp³-hybridized carbons (Fsp3) is 0.154. The smallest absolute Gasteiger partial charge is 0.178 e. The first kappa shape index (κ1) is 12.8. The maximum Gasteiger partial charge on any atom is 0.178 e. The number of hydrogen-bond acceptors (Lipinski definition) is 2. The van der Waals surface area contributed by atoms with Crippen LogP contribution in [-0.4, -0.2) is 5.78 Å². The zero-order chi connectivity index (χ0) is 12.4. The first-order chi connectivity index (χ1) is 8.06. The van der Waals surface area contributed by atoms with Crippen molar-refractivity contribution in [3.8, 4) is 0 Å². The molecule has 17 heavy (non-hydrogen) atoms. The maximum absolute atomic E-state index is 12.1. The van der Waals surface area contributed by atoms with Crippen molar-refractivity contribution in [1.82, 2.24) is 0 Å². The van der Waals surface area contributed by atoms with E-state index in [1.54, 1.807) is 6.07 Å². The lowest BCUT2D eigenvalue weighted by molar-refractivity contribution is 0.0996. The van der Waals surface area contributed by atoms with E-state index in [2.05, 4.69) is 15.9 Å². The Bertz CT molecular complexity index is 562. The van der Waals surface area contributed by atoms with Crippen molar-refractivity contribution in [2.75, 3.05) is 0 Å². The Morgan fingerprint density at radius 2 is 2.18 bits per heavy atom. The molecule has 0 aliphatic carbocycles. The van der Waals surface area contributed by atoms with Crippen LogP contribution in [0.3, 0.4) is 0 Å². The SMILES string of the molecule is Cc1cc(Br)c(C(=O)Cc2cccc(Cl)c2)s1. The molecule has 2 aromatic rings. The third-order valence-corrected chi connectivity index (χ3v) is 4.53. The Labute approximate surface area is 118 Å². The van der Waals surface area contributed by atoms with Crippen LogP contribution in [0.4, 0.5) is 0 Å². The highest BCUT2D eigenvalue weighted by atomic mass is 79.9. The van der Waals surface area contributed by atoms with E-state index in [-0.39, 0.29) is 5.78 Å². The van der Waals surface area contributed by atoms with Crippen LogP contribution < -0.4 is 0 Å². The molecule has 0 unspecified atom stereocenters. The molecule has 0 aliphatic rings. The summed E-state index contributed by atoms with van der Waals surface area (Å²) in [4.78, 5) is 14.0. The van der Waals surface area contributed by atoms with Gasteiger partial charge < -0.3 is 0 Å². The number of rotatable bonds is 3. The largest absolute Gasteiger partial charge is 0.293 e. The number of carbonyl (C=O) groups is 1. The molecule has 1 aromatic carbocycles. The van der Waals surface area contributed by atoms with Gasteiger partial charge in [-0.25, -0.2) is 0 Å². The van der Waals surface area contributed by atoms with Crippen molar-refractivity contribution in [3.63, 3.8) is 0 Å². The standard InChI is InChI=1S/C13H10BrClOS/c1-8-5-11(14)13(17-8)12(16)7-9-3-2-4-10(15)6-9/h2-6H,7H2,1H3. The lowest BCUT2D eigenvalue weighted by atomic mass is 10.1. The molecular weight excluding hydrogens is 320 g/mol. The normalized spacial score (nSPS) is 10.5. The van der Waals surface area contributed by atoms with E-state index in [0.717, 1.165) is 19.8 Å². The maximum atomic E-state index is 12.1. The number of Topliss-reactive ketones (excluding diaryl/α,β-unsaturated/α-hetero) is 1. The summed E-state index contributed by atoms with van der Waals surface area (Å²) in [7, 11) is 0. The average Bonchev–Trinajstić information content (AvgIpc) is 2.58. The molecule has 0 radical (unpaired) electrons. The molecule has 2 rings (SSSR count). The van der Waals surface area contributed by atoms with Gasteiger partial charge in [0.1, 0.15) is 0 Å². The van der Waals surface area contributed by atoms with Crippen molar-refractivity contribution in [2.24, 2.45) is 0 Å². The summed E-state index contributed by atoms with van der Waals surface area (Å²) in [6, 6.07) is 9.38. The summed E-state index contributed by atoms with van der Waals surface area (Å²) in [5.41, 5.74) is 0.945. The van der Waals surface area contributed by atoms with Crippen molar-refractivity contribution in [2.45, 2.75) is 13.3 Å². The molecular formula is C13H10BrClOS. The van der Waals surface area contributed by atoms with Crippen LogP contribution >= 0.6 is 38.9 Å². The monoisotopic (exact) mass is 328 g/mol. The molecule has 1 aromatic heterocycles. The number of benzene rings is 1. The van der Waals surface area contributed by atoms with Crippen LogP contribution in [0.25, 0.3) is 0 Å². The van der Waals surface area contributed by atoms with Crippen molar-refractivity contribution < 1.29 is 4.79 Å². The van der Waals surface area contributed by atoms with E-state index in [4.69, 9.17) is 11.6 Å². The van der Waals surface area contributed by atoms with E-state index in [1.165, 1.54) is 11.3 Å². The van der Waals surface area contributed by atoms with Crippen LogP contribution in [0, 0.1) is 6.92 Å². The third kappa shape index (κ3) is 3.18. The Balaban J connectivity index is 2.20. The lowest BCUT2D eigenvalue weighted by Crippen LogP contribution is -2.01. The Hall–Kier alpha value is -0.640. The summed E-state index contributed by atoms with van der Waals surface area (Å²) >= 11 is 10.8. The van der Waals surface area contributed by atoms with E-state index in [0.29, 0.717) is 11.4 Å². The molecule has 0 spiro atoms. The first-order valence-electron chi connectivity index (χ1n) is 5.10. The molecule has 1 nitrogen and oxygen atoms in total. The van der Waals surface area contributed by atoms with Gasteiger partial charge in [-0.3, -0.25) is 4.79 Å². The Kier molecular flexibility index (Phi) is 4.02. The molecule has 0 saturated carbocycles. The number of hydrogen-bond donors (Lipinski definition) is 0. The summed E-state index contributed by atoms with van der Waals surface area (Å²) in [5, 5.41) is 0.664. The van der Waals surface area contributed by atoms with Gasteiger partial charge in [0.2, 0.25) is 0 Å². The van der Waals surface area contributed by atoms with Crippen LogP contribution in [-0.2, 0) is 6.42 Å². The summed E-state index contributed by atoms with van der Waals surface area (Å²) in [6.07, 6.45) is 0.388. The molecule has 0 bridgehead atoms. The molecule has 88 valence electrons.